The molecule has 0 unspecified atom stereocenters. The third-order valence-electron chi connectivity index (χ3n) is 5.36. The van der Waals surface area contributed by atoms with Crippen molar-refractivity contribution in [2.24, 2.45) is 0 Å². The van der Waals surface area contributed by atoms with Crippen molar-refractivity contribution in [2.45, 2.75) is 44.4 Å². The Hall–Kier alpha value is -1.84. The summed E-state index contributed by atoms with van der Waals surface area (Å²) in [5, 5.41) is 3.43. The fraction of sp³-hybridized carbons (Fsp3) is 0.435. The maximum Gasteiger partial charge on any atom is 0.305 e. The molecule has 1 aliphatic rings. The van der Waals surface area contributed by atoms with E-state index in [1.54, 1.807) is 0 Å². The molecule has 2 aromatic rings. The number of methoxy groups -OCH3 is 1. The smallest absolute Gasteiger partial charge is 0.305 e. The van der Waals surface area contributed by atoms with Crippen LogP contribution in [0.2, 0.25) is 0 Å². The molecule has 3 rings (SSSR count). The molecule has 0 aromatic heterocycles. The number of hydrogen-bond donors (Lipinski definition) is 1. The summed E-state index contributed by atoms with van der Waals surface area (Å²) in [4.78, 5) is 11.2. The molecular formula is C23H30ClNO2. The van der Waals surface area contributed by atoms with E-state index in [0.717, 1.165) is 38.3 Å². The third-order valence-corrected chi connectivity index (χ3v) is 5.36. The minimum Gasteiger partial charge on any atom is -0.469 e. The fourth-order valence-electron chi connectivity index (χ4n) is 3.62. The van der Waals surface area contributed by atoms with Gasteiger partial charge in [0.05, 0.1) is 7.11 Å². The molecular weight excluding hydrogens is 358 g/mol. The maximum atomic E-state index is 11.2. The topological polar surface area (TPSA) is 38.3 Å². The molecule has 0 spiro atoms. The van der Waals surface area contributed by atoms with Crippen molar-refractivity contribution in [3.8, 4) is 0 Å². The van der Waals surface area contributed by atoms with Gasteiger partial charge in [-0.15, -0.1) is 12.4 Å². The molecule has 0 radical (unpaired) electrons. The van der Waals surface area contributed by atoms with E-state index in [4.69, 9.17) is 0 Å². The highest BCUT2D eigenvalue weighted by Gasteiger charge is 2.14. The van der Waals surface area contributed by atoms with Crippen molar-refractivity contribution in [3.05, 3.63) is 70.8 Å². The van der Waals surface area contributed by atoms with Gasteiger partial charge in [-0.2, -0.15) is 0 Å². The van der Waals surface area contributed by atoms with Crippen LogP contribution in [0.4, 0.5) is 0 Å². The highest BCUT2D eigenvalue weighted by molar-refractivity contribution is 5.85. The Bertz CT molecular complexity index is 691. The van der Waals surface area contributed by atoms with Crippen molar-refractivity contribution in [1.29, 1.82) is 0 Å². The van der Waals surface area contributed by atoms with Crippen LogP contribution >= 0.6 is 12.4 Å². The minimum atomic E-state index is -0.151. The zero-order valence-electron chi connectivity index (χ0n) is 16.1. The Morgan fingerprint density at radius 3 is 1.89 bits per heavy atom. The molecule has 1 heterocycles. The van der Waals surface area contributed by atoms with Crippen LogP contribution < -0.4 is 5.32 Å². The lowest BCUT2D eigenvalue weighted by Gasteiger charge is -2.23. The average molecular weight is 388 g/mol. The van der Waals surface area contributed by atoms with Crippen LogP contribution in [-0.2, 0) is 28.8 Å². The molecule has 0 amide bonds. The molecule has 146 valence electrons. The molecule has 27 heavy (non-hydrogen) atoms. The first kappa shape index (κ1) is 21.5. The van der Waals surface area contributed by atoms with Crippen LogP contribution in [0.25, 0.3) is 0 Å². The lowest BCUT2D eigenvalue weighted by atomic mass is 9.89. The first-order valence-electron chi connectivity index (χ1n) is 9.69. The van der Waals surface area contributed by atoms with E-state index < -0.39 is 0 Å². The summed E-state index contributed by atoms with van der Waals surface area (Å²) < 4.78 is 4.69. The highest BCUT2D eigenvalue weighted by atomic mass is 35.5. The lowest BCUT2D eigenvalue weighted by molar-refractivity contribution is -0.140. The van der Waals surface area contributed by atoms with Crippen molar-refractivity contribution >= 4 is 18.4 Å². The minimum absolute atomic E-state index is 0. The van der Waals surface area contributed by atoms with Crippen molar-refractivity contribution in [2.75, 3.05) is 20.2 Å². The molecule has 1 aliphatic heterocycles. The summed E-state index contributed by atoms with van der Waals surface area (Å²) >= 11 is 0. The van der Waals surface area contributed by atoms with Gasteiger partial charge >= 0.3 is 5.97 Å². The molecule has 0 aliphatic carbocycles. The number of piperidine rings is 1. The van der Waals surface area contributed by atoms with Gasteiger partial charge in [0, 0.05) is 6.42 Å². The van der Waals surface area contributed by atoms with E-state index in [2.05, 4.69) is 58.6 Å². The van der Waals surface area contributed by atoms with Crippen LogP contribution in [-0.4, -0.2) is 26.2 Å². The van der Waals surface area contributed by atoms with Crippen molar-refractivity contribution in [3.63, 3.8) is 0 Å². The molecule has 2 aromatic carbocycles. The third kappa shape index (κ3) is 6.67. The second-order valence-electron chi connectivity index (χ2n) is 7.16. The number of nitrogens with one attached hydrogen (secondary N) is 1. The van der Waals surface area contributed by atoms with E-state index >= 15 is 0 Å². The van der Waals surface area contributed by atoms with E-state index in [9.17, 15) is 4.79 Å². The monoisotopic (exact) mass is 387 g/mol. The Labute approximate surface area is 168 Å². The number of carbonyl (C=O) groups is 1. The van der Waals surface area contributed by atoms with E-state index in [1.165, 1.54) is 42.2 Å². The van der Waals surface area contributed by atoms with Gasteiger partial charge in [0.15, 0.2) is 0 Å². The van der Waals surface area contributed by atoms with Gasteiger partial charge < -0.3 is 10.1 Å². The number of hydrogen-bond acceptors (Lipinski definition) is 3. The van der Waals surface area contributed by atoms with Gasteiger partial charge in [0.25, 0.3) is 0 Å². The Morgan fingerprint density at radius 1 is 0.889 bits per heavy atom. The average Bonchev–Trinajstić information content (AvgIpc) is 2.72. The van der Waals surface area contributed by atoms with Crippen LogP contribution in [0, 0.1) is 0 Å². The van der Waals surface area contributed by atoms with E-state index in [-0.39, 0.29) is 18.4 Å². The zero-order chi connectivity index (χ0) is 18.2. The molecule has 0 saturated carbocycles. The fourth-order valence-corrected chi connectivity index (χ4v) is 3.62. The van der Waals surface area contributed by atoms with E-state index in [1.807, 2.05) is 0 Å². The van der Waals surface area contributed by atoms with Crippen LogP contribution in [0.15, 0.2) is 48.5 Å². The summed E-state index contributed by atoms with van der Waals surface area (Å²) in [5.41, 5.74) is 5.42. The van der Waals surface area contributed by atoms with Crippen molar-refractivity contribution < 1.29 is 9.53 Å². The number of aryl methyl sites for hydroxylation is 3. The summed E-state index contributed by atoms with van der Waals surface area (Å²) in [7, 11) is 1.43. The summed E-state index contributed by atoms with van der Waals surface area (Å²) in [6.07, 6.45) is 5.80. The Morgan fingerprint density at radius 2 is 1.37 bits per heavy atom. The molecule has 4 heteroatoms. The summed E-state index contributed by atoms with van der Waals surface area (Å²) in [5.74, 6) is 0.574. The normalized spacial score (nSPS) is 14.4. The van der Waals surface area contributed by atoms with Gasteiger partial charge in [-0.05, 0) is 73.4 Å². The van der Waals surface area contributed by atoms with Gasteiger partial charge in [-0.25, -0.2) is 0 Å². The van der Waals surface area contributed by atoms with Gasteiger partial charge in [0.1, 0.15) is 0 Å². The Balaban J connectivity index is 0.00000261. The summed E-state index contributed by atoms with van der Waals surface area (Å²) in [6.45, 7) is 2.28. The number of ether oxygens (including phenoxy) is 1. The quantitative estimate of drug-likeness (QED) is 0.712. The lowest BCUT2D eigenvalue weighted by Crippen LogP contribution is -2.26. The second kappa shape index (κ2) is 11.1. The standard InChI is InChI=1S/C23H29NO2.ClH/c1-26-23(25)13-10-19-5-2-18(3-6-19)4-7-20-8-11-21(12-9-20)22-14-16-24-17-15-22;/h2-3,5-6,8-9,11-12,22,24H,4,7,10,13-17H2,1H3;1H. The first-order valence-corrected chi connectivity index (χ1v) is 9.69. The SMILES string of the molecule is COC(=O)CCc1ccc(CCc2ccc(C3CCNCC3)cc2)cc1.Cl. The van der Waals surface area contributed by atoms with Gasteiger partial charge in [0.2, 0.25) is 0 Å². The number of esters is 1. The molecule has 3 nitrogen and oxygen atoms in total. The summed E-state index contributed by atoms with van der Waals surface area (Å²) in [6, 6.07) is 17.8. The van der Waals surface area contributed by atoms with Gasteiger partial charge in [-0.3, -0.25) is 4.79 Å². The number of halogens is 1. The molecule has 0 bridgehead atoms. The van der Waals surface area contributed by atoms with Crippen LogP contribution in [0.5, 0.6) is 0 Å². The highest BCUT2D eigenvalue weighted by Crippen LogP contribution is 2.25. The van der Waals surface area contributed by atoms with Crippen LogP contribution in [0.3, 0.4) is 0 Å². The largest absolute Gasteiger partial charge is 0.469 e. The molecule has 0 atom stereocenters. The first-order chi connectivity index (χ1) is 12.7. The van der Waals surface area contributed by atoms with Crippen LogP contribution in [0.1, 0.15) is 47.4 Å². The predicted molar refractivity (Wildman–Crippen MR) is 113 cm³/mol. The van der Waals surface area contributed by atoms with Gasteiger partial charge in [-0.1, -0.05) is 48.5 Å². The number of carbonyl (C=O) groups excluding carboxylic acids is 1. The second-order valence-corrected chi connectivity index (χ2v) is 7.16. The van der Waals surface area contributed by atoms with E-state index in [0.29, 0.717) is 6.42 Å². The molecule has 1 fully saturated rings. The number of rotatable bonds is 7. The zero-order valence-corrected chi connectivity index (χ0v) is 16.9. The molecule has 1 saturated heterocycles. The Kier molecular flexibility index (Phi) is 8.83. The maximum absolute atomic E-state index is 11.2. The number of benzene rings is 2. The predicted octanol–water partition coefficient (Wildman–Crippen LogP) is 4.47. The molecule has 1 N–H and O–H groups in total. The van der Waals surface area contributed by atoms with Crippen molar-refractivity contribution in [1.82, 2.24) is 5.32 Å².